The lowest BCUT2D eigenvalue weighted by Gasteiger charge is -2.20. The Labute approximate surface area is 113 Å². The monoisotopic (exact) mass is 261 g/mol. The lowest BCUT2D eigenvalue weighted by molar-refractivity contribution is 0.0525. The Morgan fingerprint density at radius 2 is 2.21 bits per heavy atom. The van der Waals surface area contributed by atoms with Crippen molar-refractivity contribution in [2.75, 3.05) is 6.54 Å². The quantitative estimate of drug-likeness (QED) is 0.907. The molecule has 0 aromatic carbocycles. The molecule has 1 unspecified atom stereocenters. The van der Waals surface area contributed by atoms with Crippen LogP contribution in [-0.4, -0.2) is 23.2 Å². The molecule has 5 nitrogen and oxygen atoms in total. The predicted molar refractivity (Wildman–Crippen MR) is 71.6 cm³/mol. The Kier molecular flexibility index (Phi) is 4.87. The average Bonchev–Trinajstić information content (AvgIpc) is 2.34. The van der Waals surface area contributed by atoms with E-state index in [9.17, 15) is 4.79 Å². The van der Waals surface area contributed by atoms with Crippen LogP contribution in [0.1, 0.15) is 45.0 Å². The number of carbonyl (C=O) groups is 1. The Morgan fingerprint density at radius 1 is 1.53 bits per heavy atom. The topological polar surface area (TPSA) is 75.0 Å². The van der Waals surface area contributed by atoms with Gasteiger partial charge in [-0.3, -0.25) is 0 Å². The van der Waals surface area contributed by atoms with Crippen LogP contribution >= 0.6 is 0 Å². The molecule has 0 aliphatic carbocycles. The molecule has 1 heterocycles. The van der Waals surface area contributed by atoms with Gasteiger partial charge in [-0.2, -0.15) is 5.26 Å². The van der Waals surface area contributed by atoms with Gasteiger partial charge in [-0.05, 0) is 32.9 Å². The highest BCUT2D eigenvalue weighted by molar-refractivity contribution is 5.67. The molecule has 1 atom stereocenters. The number of nitriles is 1. The predicted octanol–water partition coefficient (Wildman–Crippen LogP) is 2.58. The van der Waals surface area contributed by atoms with Crippen LogP contribution in [-0.2, 0) is 4.74 Å². The minimum absolute atomic E-state index is 0.0146. The van der Waals surface area contributed by atoms with E-state index < -0.39 is 11.7 Å². The molecule has 0 radical (unpaired) electrons. The minimum Gasteiger partial charge on any atom is -0.444 e. The van der Waals surface area contributed by atoms with Crippen LogP contribution in [0.2, 0.25) is 0 Å². The van der Waals surface area contributed by atoms with Gasteiger partial charge in [-0.25, -0.2) is 9.78 Å². The molecule has 0 aliphatic rings. The minimum atomic E-state index is -0.508. The van der Waals surface area contributed by atoms with Crippen molar-refractivity contribution in [3.05, 3.63) is 29.6 Å². The zero-order chi connectivity index (χ0) is 14.5. The van der Waals surface area contributed by atoms with Gasteiger partial charge < -0.3 is 10.1 Å². The van der Waals surface area contributed by atoms with Crippen LogP contribution in [0.4, 0.5) is 4.79 Å². The van der Waals surface area contributed by atoms with E-state index in [0.717, 1.165) is 5.69 Å². The molecular weight excluding hydrogens is 242 g/mol. The summed E-state index contributed by atoms with van der Waals surface area (Å²) >= 11 is 0. The summed E-state index contributed by atoms with van der Waals surface area (Å²) in [5.41, 5.74) is 0.642. The maximum Gasteiger partial charge on any atom is 0.407 e. The number of aromatic nitrogens is 1. The number of nitrogens with zero attached hydrogens (tertiary/aromatic N) is 2. The summed E-state index contributed by atoms with van der Waals surface area (Å²) in [5, 5.41) is 11.5. The fourth-order valence-corrected chi connectivity index (χ4v) is 1.44. The molecule has 0 fully saturated rings. The molecule has 5 heteroatoms. The molecule has 19 heavy (non-hydrogen) atoms. The number of hydrogen-bond donors (Lipinski definition) is 1. The molecular formula is C14H19N3O2. The molecule has 1 aromatic heterocycles. The fraction of sp³-hybridized carbons (Fsp3) is 0.500. The lowest BCUT2D eigenvalue weighted by Crippen LogP contribution is -2.34. The second-order valence-corrected chi connectivity index (χ2v) is 5.34. The van der Waals surface area contributed by atoms with Gasteiger partial charge in [0, 0.05) is 18.2 Å². The molecule has 102 valence electrons. The Morgan fingerprint density at radius 3 is 2.79 bits per heavy atom. The summed E-state index contributed by atoms with van der Waals surface area (Å²) < 4.78 is 5.15. The van der Waals surface area contributed by atoms with Gasteiger partial charge in [0.15, 0.2) is 0 Å². The first-order valence-corrected chi connectivity index (χ1v) is 6.16. The zero-order valence-electron chi connectivity index (χ0n) is 11.7. The number of alkyl carbamates (subject to hydrolysis) is 1. The Bertz CT molecular complexity index is 486. The van der Waals surface area contributed by atoms with E-state index in [1.807, 2.05) is 39.8 Å². The first-order valence-electron chi connectivity index (χ1n) is 6.16. The van der Waals surface area contributed by atoms with Gasteiger partial charge >= 0.3 is 6.09 Å². The van der Waals surface area contributed by atoms with Crippen LogP contribution in [0.3, 0.4) is 0 Å². The van der Waals surface area contributed by atoms with Gasteiger partial charge in [0.05, 0.1) is 0 Å². The molecule has 0 saturated heterocycles. The third kappa shape index (κ3) is 5.38. The first-order chi connectivity index (χ1) is 8.81. The summed E-state index contributed by atoms with van der Waals surface area (Å²) in [6, 6.07) is 7.26. The summed E-state index contributed by atoms with van der Waals surface area (Å²) in [5.74, 6) is 0.0146. The molecule has 0 bridgehead atoms. The van der Waals surface area contributed by atoms with Gasteiger partial charge in [0.1, 0.15) is 17.4 Å². The third-order valence-electron chi connectivity index (χ3n) is 2.34. The molecule has 1 N–H and O–H groups in total. The number of pyridine rings is 1. The van der Waals surface area contributed by atoms with Crippen molar-refractivity contribution in [2.24, 2.45) is 0 Å². The molecule has 1 amide bonds. The van der Waals surface area contributed by atoms with Gasteiger partial charge in [-0.1, -0.05) is 13.0 Å². The van der Waals surface area contributed by atoms with Crippen molar-refractivity contribution < 1.29 is 9.53 Å². The van der Waals surface area contributed by atoms with E-state index in [2.05, 4.69) is 10.3 Å². The highest BCUT2D eigenvalue weighted by Crippen LogP contribution is 2.12. The maximum absolute atomic E-state index is 11.5. The van der Waals surface area contributed by atoms with Crippen molar-refractivity contribution in [1.29, 1.82) is 5.26 Å². The van der Waals surface area contributed by atoms with Crippen molar-refractivity contribution in [3.8, 4) is 6.07 Å². The number of nitrogens with one attached hydrogen (secondary N) is 1. The van der Waals surface area contributed by atoms with E-state index in [4.69, 9.17) is 10.00 Å². The number of hydrogen-bond acceptors (Lipinski definition) is 4. The number of ether oxygens (including phenoxy) is 1. The SMILES string of the molecule is CC(CNC(=O)OC(C)(C)C)c1cccc(C#N)n1. The Balaban J connectivity index is 2.54. The maximum atomic E-state index is 11.5. The average molecular weight is 261 g/mol. The van der Waals surface area contributed by atoms with E-state index >= 15 is 0 Å². The van der Waals surface area contributed by atoms with Gasteiger partial charge in [0.2, 0.25) is 0 Å². The molecule has 1 rings (SSSR count). The van der Waals surface area contributed by atoms with Crippen LogP contribution < -0.4 is 5.32 Å². The molecule has 0 saturated carbocycles. The second kappa shape index (κ2) is 6.19. The molecule has 0 spiro atoms. The standard InChI is InChI=1S/C14H19N3O2/c1-10(9-16-13(18)19-14(2,3)4)12-7-5-6-11(8-15)17-12/h5-7,10H,9H2,1-4H3,(H,16,18). The lowest BCUT2D eigenvalue weighted by atomic mass is 10.1. The number of carbonyl (C=O) groups excluding carboxylic acids is 1. The van der Waals surface area contributed by atoms with Crippen molar-refractivity contribution in [1.82, 2.24) is 10.3 Å². The van der Waals surface area contributed by atoms with E-state index in [0.29, 0.717) is 12.2 Å². The van der Waals surface area contributed by atoms with Crippen LogP contribution in [0, 0.1) is 11.3 Å². The summed E-state index contributed by atoms with van der Waals surface area (Å²) in [6.45, 7) is 7.79. The highest BCUT2D eigenvalue weighted by atomic mass is 16.6. The van der Waals surface area contributed by atoms with Gasteiger partial charge in [-0.15, -0.1) is 0 Å². The van der Waals surface area contributed by atoms with E-state index in [1.54, 1.807) is 12.1 Å². The van der Waals surface area contributed by atoms with E-state index in [1.165, 1.54) is 0 Å². The normalized spacial score (nSPS) is 12.4. The van der Waals surface area contributed by atoms with Gasteiger partial charge in [0.25, 0.3) is 0 Å². The van der Waals surface area contributed by atoms with Crippen molar-refractivity contribution >= 4 is 6.09 Å². The highest BCUT2D eigenvalue weighted by Gasteiger charge is 2.17. The largest absolute Gasteiger partial charge is 0.444 e. The molecule has 1 aromatic rings. The second-order valence-electron chi connectivity index (χ2n) is 5.34. The van der Waals surface area contributed by atoms with Crippen molar-refractivity contribution in [3.63, 3.8) is 0 Å². The fourth-order valence-electron chi connectivity index (χ4n) is 1.44. The molecule has 0 aliphatic heterocycles. The van der Waals surface area contributed by atoms with E-state index in [-0.39, 0.29) is 5.92 Å². The van der Waals surface area contributed by atoms with Crippen LogP contribution in [0.25, 0.3) is 0 Å². The zero-order valence-corrected chi connectivity index (χ0v) is 11.7. The number of amides is 1. The summed E-state index contributed by atoms with van der Waals surface area (Å²) in [4.78, 5) is 15.7. The Hall–Kier alpha value is -2.09. The first kappa shape index (κ1) is 15.0. The number of rotatable bonds is 3. The third-order valence-corrected chi connectivity index (χ3v) is 2.34. The van der Waals surface area contributed by atoms with Crippen LogP contribution in [0.15, 0.2) is 18.2 Å². The smallest absolute Gasteiger partial charge is 0.407 e. The summed E-state index contributed by atoms with van der Waals surface area (Å²) in [6.07, 6.45) is -0.448. The van der Waals surface area contributed by atoms with Crippen LogP contribution in [0.5, 0.6) is 0 Å². The summed E-state index contributed by atoms with van der Waals surface area (Å²) in [7, 11) is 0. The van der Waals surface area contributed by atoms with Crippen molar-refractivity contribution in [2.45, 2.75) is 39.2 Å².